The fraction of sp³-hybridized carbons (Fsp3) is 0. The van der Waals surface area contributed by atoms with Gasteiger partial charge in [-0.25, -0.2) is 4.79 Å². The lowest BCUT2D eigenvalue weighted by molar-refractivity contribution is 0.0693. The number of rotatable bonds is 2. The van der Waals surface area contributed by atoms with Crippen molar-refractivity contribution in [1.82, 2.24) is 0 Å². The first-order valence-electron chi connectivity index (χ1n) is 5.83. The molecule has 0 spiro atoms. The highest BCUT2D eigenvalue weighted by Crippen LogP contribution is 2.32. The summed E-state index contributed by atoms with van der Waals surface area (Å²) in [7, 11) is 0. The molecule has 2 rings (SSSR count). The Bertz CT molecular complexity index is 739. The van der Waals surface area contributed by atoms with Crippen molar-refractivity contribution in [3.8, 4) is 11.5 Å². The van der Waals surface area contributed by atoms with Gasteiger partial charge in [0.25, 0.3) is 5.24 Å². The quantitative estimate of drug-likeness (QED) is 0.547. The first-order valence-corrected chi connectivity index (χ1v) is 7.72. The van der Waals surface area contributed by atoms with Crippen LogP contribution in [-0.2, 0) is 0 Å². The summed E-state index contributed by atoms with van der Waals surface area (Å²) >= 11 is 27.2. The second-order valence-corrected chi connectivity index (χ2v) is 6.18. The molecule has 0 heterocycles. The molecule has 0 aliphatic rings. The van der Waals surface area contributed by atoms with Crippen molar-refractivity contribution in [3.05, 3.63) is 55.5 Å². The molecule has 2 aromatic carbocycles. The Morgan fingerprint density at radius 2 is 1.12 bits per heavy atom. The Kier molecular flexibility index (Phi) is 7.45. The highest BCUT2D eigenvalue weighted by Gasteiger charge is 2.14. The van der Waals surface area contributed by atoms with E-state index in [1.54, 1.807) is 0 Å². The van der Waals surface area contributed by atoms with Crippen LogP contribution in [-0.4, -0.2) is 26.5 Å². The van der Waals surface area contributed by atoms with E-state index in [0.29, 0.717) is 0 Å². The van der Waals surface area contributed by atoms with Gasteiger partial charge in [0, 0.05) is 10.0 Å². The molecule has 0 aliphatic carbocycles. The third-order valence-electron chi connectivity index (χ3n) is 2.50. The van der Waals surface area contributed by atoms with Crippen LogP contribution in [0.25, 0.3) is 0 Å². The van der Waals surface area contributed by atoms with Crippen LogP contribution in [0.5, 0.6) is 11.5 Å². The van der Waals surface area contributed by atoms with Gasteiger partial charge in [-0.15, -0.1) is 0 Å². The summed E-state index contributed by atoms with van der Waals surface area (Å²) < 4.78 is 0. The molecule has 3 N–H and O–H groups in total. The molecule has 0 bridgehead atoms. The topological polar surface area (TPSA) is 94.8 Å². The number of aromatic carboxylic acids is 1. The SMILES string of the molecule is O=C(Cl)c1cc(Cl)cc(Cl)c1O.O=C(O)c1cc(Cl)cc(Cl)c1O. The third kappa shape index (κ3) is 5.33. The molecule has 10 heteroatoms. The Morgan fingerprint density at radius 1 is 0.750 bits per heavy atom. The van der Waals surface area contributed by atoms with E-state index in [1.165, 1.54) is 18.2 Å². The van der Waals surface area contributed by atoms with Crippen molar-refractivity contribution < 1.29 is 24.9 Å². The minimum Gasteiger partial charge on any atom is -0.506 e. The minimum atomic E-state index is -1.27. The number of phenolic OH excluding ortho intramolecular Hbond substituents is 1. The second-order valence-electron chi connectivity index (χ2n) is 4.15. The number of hydrogen-bond acceptors (Lipinski definition) is 4. The van der Waals surface area contributed by atoms with Crippen molar-refractivity contribution >= 4 is 69.2 Å². The first-order chi connectivity index (χ1) is 11.0. The van der Waals surface area contributed by atoms with Crippen molar-refractivity contribution in [2.75, 3.05) is 0 Å². The zero-order valence-electron chi connectivity index (χ0n) is 11.4. The van der Waals surface area contributed by atoms with Gasteiger partial charge in [-0.3, -0.25) is 4.79 Å². The van der Waals surface area contributed by atoms with Crippen molar-refractivity contribution in [2.24, 2.45) is 0 Å². The molecule has 0 saturated carbocycles. The van der Waals surface area contributed by atoms with Crippen LogP contribution in [0.15, 0.2) is 24.3 Å². The zero-order chi connectivity index (χ0) is 18.6. The van der Waals surface area contributed by atoms with Crippen molar-refractivity contribution in [2.45, 2.75) is 0 Å². The highest BCUT2D eigenvalue weighted by molar-refractivity contribution is 6.68. The summed E-state index contributed by atoms with van der Waals surface area (Å²) in [6.07, 6.45) is 0. The van der Waals surface area contributed by atoms with Gasteiger partial charge in [0.05, 0.1) is 15.6 Å². The average Bonchev–Trinajstić information content (AvgIpc) is 2.46. The van der Waals surface area contributed by atoms with Crippen LogP contribution in [0.1, 0.15) is 20.7 Å². The van der Waals surface area contributed by atoms with Gasteiger partial charge in [0.1, 0.15) is 17.1 Å². The molecule has 0 aliphatic heterocycles. The number of carboxylic acid groups (broad SMARTS) is 1. The van der Waals surface area contributed by atoms with Gasteiger partial charge < -0.3 is 15.3 Å². The number of carbonyl (C=O) groups is 2. The van der Waals surface area contributed by atoms with E-state index in [-0.39, 0.29) is 37.0 Å². The van der Waals surface area contributed by atoms with Crippen LogP contribution in [0.2, 0.25) is 20.1 Å². The van der Waals surface area contributed by atoms with Gasteiger partial charge in [-0.1, -0.05) is 46.4 Å². The maximum absolute atomic E-state index is 10.7. The van der Waals surface area contributed by atoms with E-state index in [4.69, 9.17) is 68.2 Å². The van der Waals surface area contributed by atoms with Gasteiger partial charge in [-0.2, -0.15) is 0 Å². The van der Waals surface area contributed by atoms with Crippen LogP contribution in [0.4, 0.5) is 0 Å². The smallest absolute Gasteiger partial charge is 0.339 e. The van der Waals surface area contributed by atoms with Crippen LogP contribution >= 0.6 is 58.0 Å². The van der Waals surface area contributed by atoms with E-state index in [1.807, 2.05) is 0 Å². The largest absolute Gasteiger partial charge is 0.506 e. The molecule has 0 saturated heterocycles. The number of halogens is 5. The highest BCUT2D eigenvalue weighted by atomic mass is 35.5. The minimum absolute atomic E-state index is 0.00602. The number of hydrogen-bond donors (Lipinski definition) is 3. The van der Waals surface area contributed by atoms with Crippen LogP contribution in [0, 0.1) is 0 Å². The Hall–Kier alpha value is -1.37. The normalized spacial score (nSPS) is 9.88. The Morgan fingerprint density at radius 3 is 1.50 bits per heavy atom. The Labute approximate surface area is 160 Å². The lowest BCUT2D eigenvalue weighted by atomic mass is 10.2. The predicted octanol–water partition coefficient (Wildman–Crippen LogP) is 5.48. The van der Waals surface area contributed by atoms with Gasteiger partial charge in [0.2, 0.25) is 0 Å². The van der Waals surface area contributed by atoms with Crippen LogP contribution < -0.4 is 0 Å². The standard InChI is InChI=1S/C7H3Cl3O2.C7H4Cl2O3/c8-3-1-4(7(10)12)6(11)5(9)2-3;8-3-1-4(7(11)12)6(10)5(9)2-3/h1-2,11H;1-2,10H,(H,11,12). The second kappa shape index (κ2) is 8.65. The average molecular weight is 432 g/mol. The number of phenols is 2. The molecule has 0 unspecified atom stereocenters. The number of carbonyl (C=O) groups excluding carboxylic acids is 1. The van der Waals surface area contributed by atoms with Gasteiger partial charge >= 0.3 is 5.97 Å². The number of benzene rings is 2. The number of aromatic hydroxyl groups is 2. The molecule has 128 valence electrons. The molecule has 5 nitrogen and oxygen atoms in total. The molecule has 2 aromatic rings. The summed E-state index contributed by atoms with van der Waals surface area (Å²) in [6, 6.07) is 4.97. The third-order valence-corrected chi connectivity index (χ3v) is 3.71. The van der Waals surface area contributed by atoms with Crippen LogP contribution in [0.3, 0.4) is 0 Å². The van der Waals surface area contributed by atoms with E-state index in [0.717, 1.165) is 6.07 Å². The number of carboxylic acids is 1. The Balaban J connectivity index is 0.000000240. The lowest BCUT2D eigenvalue weighted by Gasteiger charge is -2.01. The van der Waals surface area contributed by atoms with Crippen molar-refractivity contribution in [1.29, 1.82) is 0 Å². The molecule has 0 radical (unpaired) electrons. The first kappa shape index (κ1) is 20.7. The van der Waals surface area contributed by atoms with E-state index in [2.05, 4.69) is 0 Å². The molecule has 24 heavy (non-hydrogen) atoms. The van der Waals surface area contributed by atoms with E-state index < -0.39 is 17.0 Å². The lowest BCUT2D eigenvalue weighted by Crippen LogP contribution is -1.96. The fourth-order valence-electron chi connectivity index (χ4n) is 1.44. The summed E-state index contributed by atoms with van der Waals surface area (Å²) in [5.41, 5.74) is -0.387. The maximum Gasteiger partial charge on any atom is 0.339 e. The van der Waals surface area contributed by atoms with Crippen molar-refractivity contribution in [3.63, 3.8) is 0 Å². The summed E-state index contributed by atoms with van der Waals surface area (Å²) in [6.45, 7) is 0. The van der Waals surface area contributed by atoms with Gasteiger partial charge in [0.15, 0.2) is 0 Å². The fourth-order valence-corrected chi connectivity index (χ4v) is 2.58. The van der Waals surface area contributed by atoms with Gasteiger partial charge in [-0.05, 0) is 35.9 Å². The maximum atomic E-state index is 10.7. The molecule has 0 atom stereocenters. The van der Waals surface area contributed by atoms with E-state index in [9.17, 15) is 14.7 Å². The molecule has 0 amide bonds. The summed E-state index contributed by atoms with van der Waals surface area (Å²) in [4.78, 5) is 21.1. The summed E-state index contributed by atoms with van der Waals surface area (Å²) in [5.74, 6) is -2.08. The molecule has 0 fully saturated rings. The zero-order valence-corrected chi connectivity index (χ0v) is 15.1. The monoisotopic (exact) mass is 430 g/mol. The predicted molar refractivity (Wildman–Crippen MR) is 93.4 cm³/mol. The molecule has 0 aromatic heterocycles. The molecular formula is C14H7Cl5O5. The summed E-state index contributed by atoms with van der Waals surface area (Å²) in [5, 5.41) is 26.4. The van der Waals surface area contributed by atoms with E-state index >= 15 is 0 Å². The molecular weight excluding hydrogens is 425 g/mol.